The second-order valence-electron chi connectivity index (χ2n) is 6.36. The number of rotatable bonds is 8. The minimum atomic E-state index is -0.432. The first-order chi connectivity index (χ1) is 13.7. The fourth-order valence-electron chi connectivity index (χ4n) is 2.75. The average molecular weight is 374 g/mol. The molecule has 0 saturated carbocycles. The molecule has 0 aromatic heterocycles. The fourth-order valence-corrected chi connectivity index (χ4v) is 2.75. The van der Waals surface area contributed by atoms with E-state index < -0.39 is 5.97 Å². The highest BCUT2D eigenvalue weighted by Crippen LogP contribution is 2.16. The number of hydrogen-bond donors (Lipinski definition) is 0. The second kappa shape index (κ2) is 10.1. The maximum absolute atomic E-state index is 12.2. The lowest BCUT2D eigenvalue weighted by molar-refractivity contribution is -0.134. The molecular weight excluding hydrogens is 352 g/mol. The van der Waals surface area contributed by atoms with Crippen molar-refractivity contribution in [2.24, 2.45) is 0 Å². The van der Waals surface area contributed by atoms with E-state index in [0.717, 1.165) is 11.1 Å². The number of ether oxygens (including phenoxy) is 2. The summed E-state index contributed by atoms with van der Waals surface area (Å²) >= 11 is 0. The van der Waals surface area contributed by atoms with Crippen molar-refractivity contribution in [3.05, 3.63) is 102 Å². The van der Waals surface area contributed by atoms with Crippen LogP contribution < -0.4 is 4.74 Å². The van der Waals surface area contributed by atoms with Crippen LogP contribution in [0.5, 0.6) is 5.75 Å². The summed E-state index contributed by atoms with van der Waals surface area (Å²) < 4.78 is 10.7. The molecule has 142 valence electrons. The predicted octanol–water partition coefficient (Wildman–Crippen LogP) is 4.62. The van der Waals surface area contributed by atoms with Crippen LogP contribution in [-0.4, -0.2) is 18.5 Å². The summed E-state index contributed by atoms with van der Waals surface area (Å²) in [5.41, 5.74) is 2.55. The smallest absolute Gasteiger partial charge is 0.338 e. The molecule has 4 heteroatoms. The van der Waals surface area contributed by atoms with Gasteiger partial charge in [-0.2, -0.15) is 0 Å². The van der Waals surface area contributed by atoms with Gasteiger partial charge in [0.25, 0.3) is 0 Å². The molecule has 0 aliphatic carbocycles. The Kier molecular flexibility index (Phi) is 6.96. The summed E-state index contributed by atoms with van der Waals surface area (Å²) in [7, 11) is 0. The number of hydrogen-bond acceptors (Lipinski definition) is 4. The van der Waals surface area contributed by atoms with Gasteiger partial charge in [-0.3, -0.25) is 4.79 Å². The molecule has 0 aliphatic rings. The number of esters is 2. The first-order valence-corrected chi connectivity index (χ1v) is 9.26. The molecule has 0 unspecified atom stereocenters. The van der Waals surface area contributed by atoms with E-state index in [9.17, 15) is 9.59 Å². The largest absolute Gasteiger partial charge is 0.462 e. The number of carbonyl (C=O) groups is 2. The van der Waals surface area contributed by atoms with Gasteiger partial charge >= 0.3 is 11.9 Å². The lowest BCUT2D eigenvalue weighted by atomic mass is 10.1. The Morgan fingerprint density at radius 2 is 1.36 bits per heavy atom. The van der Waals surface area contributed by atoms with E-state index in [1.165, 1.54) is 6.07 Å². The van der Waals surface area contributed by atoms with Gasteiger partial charge in [0, 0.05) is 12.8 Å². The van der Waals surface area contributed by atoms with Crippen molar-refractivity contribution < 1.29 is 19.1 Å². The van der Waals surface area contributed by atoms with Gasteiger partial charge < -0.3 is 9.47 Å². The van der Waals surface area contributed by atoms with Crippen LogP contribution in [0.3, 0.4) is 0 Å². The highest BCUT2D eigenvalue weighted by Gasteiger charge is 2.11. The maximum Gasteiger partial charge on any atom is 0.338 e. The third-order valence-electron chi connectivity index (χ3n) is 4.23. The normalized spacial score (nSPS) is 10.3. The Balaban J connectivity index is 1.48. The SMILES string of the molecule is O=C(CCc1ccccc1)Oc1cccc(C(=O)OCCc2ccccc2)c1. The molecular formula is C24H22O4. The van der Waals surface area contributed by atoms with Crippen molar-refractivity contribution in [1.29, 1.82) is 0 Å². The minimum absolute atomic E-state index is 0.274. The van der Waals surface area contributed by atoms with Crippen molar-refractivity contribution in [3.8, 4) is 5.75 Å². The molecule has 0 bridgehead atoms. The number of carbonyl (C=O) groups excluding carboxylic acids is 2. The molecule has 0 radical (unpaired) electrons. The maximum atomic E-state index is 12.2. The molecule has 0 aliphatic heterocycles. The van der Waals surface area contributed by atoms with E-state index in [4.69, 9.17) is 9.47 Å². The molecule has 0 spiro atoms. The Labute approximate surface area is 164 Å². The van der Waals surface area contributed by atoms with Crippen LogP contribution in [0, 0.1) is 0 Å². The van der Waals surface area contributed by atoms with Crippen LogP contribution in [0.2, 0.25) is 0 Å². The van der Waals surface area contributed by atoms with E-state index in [2.05, 4.69) is 0 Å². The quantitative estimate of drug-likeness (QED) is 0.426. The van der Waals surface area contributed by atoms with Crippen molar-refractivity contribution in [2.75, 3.05) is 6.61 Å². The molecule has 0 fully saturated rings. The zero-order valence-electron chi connectivity index (χ0n) is 15.5. The van der Waals surface area contributed by atoms with Gasteiger partial charge in [0.1, 0.15) is 5.75 Å². The summed E-state index contributed by atoms with van der Waals surface area (Å²) in [5.74, 6) is -0.424. The lowest BCUT2D eigenvalue weighted by Gasteiger charge is -2.08. The molecule has 3 rings (SSSR count). The van der Waals surface area contributed by atoms with Crippen molar-refractivity contribution in [2.45, 2.75) is 19.3 Å². The average Bonchev–Trinajstić information content (AvgIpc) is 2.74. The van der Waals surface area contributed by atoms with Gasteiger partial charge in [-0.1, -0.05) is 66.7 Å². The fraction of sp³-hybridized carbons (Fsp3) is 0.167. The van der Waals surface area contributed by atoms with Crippen LogP contribution in [0.4, 0.5) is 0 Å². The van der Waals surface area contributed by atoms with Crippen LogP contribution in [0.15, 0.2) is 84.9 Å². The Morgan fingerprint density at radius 3 is 2.04 bits per heavy atom. The Hall–Kier alpha value is -3.40. The van der Waals surface area contributed by atoms with Crippen molar-refractivity contribution in [3.63, 3.8) is 0 Å². The number of aryl methyl sites for hydroxylation is 1. The van der Waals surface area contributed by atoms with Gasteiger partial charge in [0.15, 0.2) is 0 Å². The summed E-state index contributed by atoms with van der Waals surface area (Å²) in [6.45, 7) is 0.296. The monoisotopic (exact) mass is 374 g/mol. The molecule has 0 heterocycles. The van der Waals surface area contributed by atoms with Crippen LogP contribution in [0.25, 0.3) is 0 Å². The predicted molar refractivity (Wildman–Crippen MR) is 107 cm³/mol. The first kappa shape index (κ1) is 19.4. The van der Waals surface area contributed by atoms with E-state index >= 15 is 0 Å². The van der Waals surface area contributed by atoms with Gasteiger partial charge in [-0.25, -0.2) is 4.79 Å². The standard InChI is InChI=1S/C24H22O4/c25-23(15-14-19-8-3-1-4-9-19)28-22-13-7-12-21(18-22)24(26)27-17-16-20-10-5-2-6-11-20/h1-13,18H,14-17H2. The van der Waals surface area contributed by atoms with Gasteiger partial charge in [0.2, 0.25) is 0 Å². The highest BCUT2D eigenvalue weighted by atomic mass is 16.5. The van der Waals surface area contributed by atoms with E-state index in [-0.39, 0.29) is 12.4 Å². The topological polar surface area (TPSA) is 52.6 Å². The molecule has 0 N–H and O–H groups in total. The summed E-state index contributed by atoms with van der Waals surface area (Å²) in [5, 5.41) is 0. The number of benzene rings is 3. The van der Waals surface area contributed by atoms with Gasteiger partial charge in [0.05, 0.1) is 12.2 Å². The molecule has 3 aromatic rings. The molecule has 0 amide bonds. The van der Waals surface area contributed by atoms with Crippen molar-refractivity contribution in [1.82, 2.24) is 0 Å². The molecule has 3 aromatic carbocycles. The molecule has 28 heavy (non-hydrogen) atoms. The van der Waals surface area contributed by atoms with E-state index in [0.29, 0.717) is 30.8 Å². The Bertz CT molecular complexity index is 904. The van der Waals surface area contributed by atoms with Crippen LogP contribution in [-0.2, 0) is 22.4 Å². The highest BCUT2D eigenvalue weighted by molar-refractivity contribution is 5.90. The molecule has 0 saturated heterocycles. The van der Waals surface area contributed by atoms with E-state index in [1.54, 1.807) is 18.2 Å². The van der Waals surface area contributed by atoms with Gasteiger partial charge in [-0.15, -0.1) is 0 Å². The summed E-state index contributed by atoms with van der Waals surface area (Å²) in [4.78, 5) is 24.3. The third-order valence-corrected chi connectivity index (χ3v) is 4.23. The lowest BCUT2D eigenvalue weighted by Crippen LogP contribution is -2.11. The molecule has 0 atom stereocenters. The third kappa shape index (κ3) is 6.09. The first-order valence-electron chi connectivity index (χ1n) is 9.26. The van der Waals surface area contributed by atoms with Crippen LogP contribution >= 0.6 is 0 Å². The van der Waals surface area contributed by atoms with Gasteiger partial charge in [-0.05, 0) is 35.7 Å². The summed E-state index contributed by atoms with van der Waals surface area (Å²) in [6.07, 6.45) is 1.54. The molecule has 4 nitrogen and oxygen atoms in total. The second-order valence-corrected chi connectivity index (χ2v) is 6.36. The Morgan fingerprint density at radius 1 is 0.714 bits per heavy atom. The van der Waals surface area contributed by atoms with Crippen molar-refractivity contribution >= 4 is 11.9 Å². The van der Waals surface area contributed by atoms with Crippen LogP contribution in [0.1, 0.15) is 27.9 Å². The summed E-state index contributed by atoms with van der Waals surface area (Å²) in [6, 6.07) is 26.1. The van der Waals surface area contributed by atoms with E-state index in [1.807, 2.05) is 60.7 Å². The zero-order valence-corrected chi connectivity index (χ0v) is 15.5. The zero-order chi connectivity index (χ0) is 19.6. The minimum Gasteiger partial charge on any atom is -0.462 e.